The summed E-state index contributed by atoms with van der Waals surface area (Å²) in [4.78, 5) is 16.7. The van der Waals surface area contributed by atoms with E-state index in [-0.39, 0.29) is 11.7 Å². The number of halogens is 1. The topological polar surface area (TPSA) is 80.0 Å². The molecule has 2 rings (SSSR count). The Kier molecular flexibility index (Phi) is 4.59. The normalized spacial score (nSPS) is 10.2. The van der Waals surface area contributed by atoms with Crippen molar-refractivity contribution in [2.45, 2.75) is 6.92 Å². The largest absolute Gasteiger partial charge is 0.382 e. The molecule has 0 radical (unpaired) electrons. The summed E-state index contributed by atoms with van der Waals surface area (Å²) in [6, 6.07) is 7.57. The van der Waals surface area contributed by atoms with E-state index >= 15 is 0 Å². The lowest BCUT2D eigenvalue weighted by Gasteiger charge is -2.05. The molecule has 1 heterocycles. The van der Waals surface area contributed by atoms with Gasteiger partial charge < -0.3 is 16.4 Å². The number of benzene rings is 1. The van der Waals surface area contributed by atoms with E-state index < -0.39 is 0 Å². The van der Waals surface area contributed by atoms with E-state index in [4.69, 9.17) is 5.73 Å². The van der Waals surface area contributed by atoms with Crippen molar-refractivity contribution in [3.8, 4) is 0 Å². The zero-order chi connectivity index (χ0) is 13.8. The molecular formula is C12H13IN4OS. The maximum Gasteiger partial charge on any atom is 0.269 e. The van der Waals surface area contributed by atoms with Gasteiger partial charge in [0.1, 0.15) is 10.7 Å². The minimum Gasteiger partial charge on any atom is -0.382 e. The van der Waals surface area contributed by atoms with Crippen LogP contribution in [0.3, 0.4) is 0 Å². The molecule has 0 saturated carbocycles. The van der Waals surface area contributed by atoms with E-state index in [0.29, 0.717) is 10.0 Å². The second kappa shape index (κ2) is 6.20. The van der Waals surface area contributed by atoms with Crippen LogP contribution >= 0.6 is 33.9 Å². The zero-order valence-corrected chi connectivity index (χ0v) is 13.2. The summed E-state index contributed by atoms with van der Waals surface area (Å²) in [6.07, 6.45) is 0. The van der Waals surface area contributed by atoms with Crippen LogP contribution in [0.15, 0.2) is 24.3 Å². The standard InChI is InChI=1S/C12H13IN4OS/c1-2-15-12-17-10(14)9(19-12)11(18)16-8-6-4-3-5-7(8)13/h3-6H,2,14H2,1H3,(H,15,17)(H,16,18). The first-order valence-corrected chi connectivity index (χ1v) is 7.57. The summed E-state index contributed by atoms with van der Waals surface area (Å²) in [5.74, 6) is 0.0210. The number of rotatable bonds is 4. The van der Waals surface area contributed by atoms with Crippen molar-refractivity contribution in [2.24, 2.45) is 0 Å². The van der Waals surface area contributed by atoms with Crippen molar-refractivity contribution in [1.29, 1.82) is 0 Å². The number of para-hydroxylation sites is 1. The number of hydrogen-bond donors (Lipinski definition) is 3. The molecule has 0 aliphatic heterocycles. The van der Waals surface area contributed by atoms with E-state index in [9.17, 15) is 4.79 Å². The SMILES string of the molecule is CCNc1nc(N)c(C(=O)Nc2ccccc2I)s1. The fourth-order valence-electron chi connectivity index (χ4n) is 1.46. The Bertz CT molecular complexity index is 599. The van der Waals surface area contributed by atoms with Crippen LogP contribution in [0.5, 0.6) is 0 Å². The smallest absolute Gasteiger partial charge is 0.269 e. The van der Waals surface area contributed by atoms with E-state index in [1.54, 1.807) is 0 Å². The predicted molar refractivity (Wildman–Crippen MR) is 87.8 cm³/mol. The fourth-order valence-corrected chi connectivity index (χ4v) is 2.83. The number of carbonyl (C=O) groups is 1. The van der Waals surface area contributed by atoms with Crippen molar-refractivity contribution in [3.05, 3.63) is 32.7 Å². The van der Waals surface area contributed by atoms with Crippen molar-refractivity contribution in [1.82, 2.24) is 4.98 Å². The number of hydrogen-bond acceptors (Lipinski definition) is 5. The van der Waals surface area contributed by atoms with E-state index in [2.05, 4.69) is 38.2 Å². The third-order valence-corrected chi connectivity index (χ3v) is 4.28. The maximum atomic E-state index is 12.2. The van der Waals surface area contributed by atoms with Gasteiger partial charge in [-0.15, -0.1) is 0 Å². The van der Waals surface area contributed by atoms with Crippen LogP contribution in [-0.4, -0.2) is 17.4 Å². The Hall–Kier alpha value is -1.35. The number of amides is 1. The summed E-state index contributed by atoms with van der Waals surface area (Å²) in [7, 11) is 0. The Morgan fingerprint density at radius 3 is 2.89 bits per heavy atom. The van der Waals surface area contributed by atoms with Gasteiger partial charge in [0.15, 0.2) is 5.13 Å². The molecule has 0 unspecified atom stereocenters. The molecule has 5 nitrogen and oxygen atoms in total. The van der Waals surface area contributed by atoms with Gasteiger partial charge in [-0.05, 0) is 41.6 Å². The Morgan fingerprint density at radius 2 is 2.21 bits per heavy atom. The molecule has 4 N–H and O–H groups in total. The molecular weight excluding hydrogens is 375 g/mol. The maximum absolute atomic E-state index is 12.2. The summed E-state index contributed by atoms with van der Waals surface area (Å²) in [6.45, 7) is 2.70. The van der Waals surface area contributed by atoms with Gasteiger partial charge in [-0.3, -0.25) is 4.79 Å². The molecule has 2 aromatic rings. The van der Waals surface area contributed by atoms with Crippen LogP contribution in [0.25, 0.3) is 0 Å². The zero-order valence-electron chi connectivity index (χ0n) is 10.2. The van der Waals surface area contributed by atoms with Crippen molar-refractivity contribution >= 4 is 56.5 Å². The highest BCUT2D eigenvalue weighted by molar-refractivity contribution is 14.1. The third kappa shape index (κ3) is 3.35. The number of nitrogens with two attached hydrogens (primary N) is 1. The van der Waals surface area contributed by atoms with Gasteiger partial charge in [-0.1, -0.05) is 23.5 Å². The van der Waals surface area contributed by atoms with E-state index in [1.807, 2.05) is 31.2 Å². The van der Waals surface area contributed by atoms with Gasteiger partial charge in [0.05, 0.1) is 5.69 Å². The number of thiazole rings is 1. The minimum absolute atomic E-state index is 0.233. The summed E-state index contributed by atoms with van der Waals surface area (Å²) < 4.78 is 0.975. The molecule has 1 aromatic carbocycles. The molecule has 0 spiro atoms. The lowest BCUT2D eigenvalue weighted by molar-refractivity contribution is 0.103. The number of nitrogens with one attached hydrogen (secondary N) is 2. The van der Waals surface area contributed by atoms with Crippen molar-refractivity contribution in [2.75, 3.05) is 22.9 Å². The number of aromatic nitrogens is 1. The highest BCUT2D eigenvalue weighted by atomic mass is 127. The number of nitrogen functional groups attached to an aromatic ring is 1. The molecule has 0 aliphatic rings. The van der Waals surface area contributed by atoms with Gasteiger partial charge in [0, 0.05) is 10.1 Å². The molecule has 19 heavy (non-hydrogen) atoms. The number of anilines is 3. The molecule has 0 aliphatic carbocycles. The van der Waals surface area contributed by atoms with Crippen molar-refractivity contribution in [3.63, 3.8) is 0 Å². The van der Waals surface area contributed by atoms with Crippen LogP contribution in [0.1, 0.15) is 16.6 Å². The summed E-state index contributed by atoms with van der Waals surface area (Å²) in [5, 5.41) is 6.54. The average Bonchev–Trinajstić information content (AvgIpc) is 2.74. The molecule has 0 saturated heterocycles. The summed E-state index contributed by atoms with van der Waals surface area (Å²) >= 11 is 3.43. The Labute approximate surface area is 128 Å². The average molecular weight is 388 g/mol. The van der Waals surface area contributed by atoms with Crippen LogP contribution in [0, 0.1) is 3.57 Å². The van der Waals surface area contributed by atoms with Gasteiger partial charge in [-0.2, -0.15) is 0 Å². The number of nitrogens with zero attached hydrogens (tertiary/aromatic N) is 1. The van der Waals surface area contributed by atoms with Gasteiger partial charge in [0.2, 0.25) is 0 Å². The van der Waals surface area contributed by atoms with E-state index in [0.717, 1.165) is 15.8 Å². The fraction of sp³-hybridized carbons (Fsp3) is 0.167. The first kappa shape index (κ1) is 14.1. The number of carbonyl (C=O) groups excluding carboxylic acids is 1. The molecule has 1 amide bonds. The third-order valence-electron chi connectivity index (χ3n) is 2.31. The Morgan fingerprint density at radius 1 is 1.47 bits per heavy atom. The molecule has 7 heteroatoms. The first-order valence-electron chi connectivity index (χ1n) is 5.68. The predicted octanol–water partition coefficient (Wildman–Crippen LogP) is 3.01. The second-order valence-corrected chi connectivity index (χ2v) is 5.86. The monoisotopic (exact) mass is 388 g/mol. The second-order valence-electron chi connectivity index (χ2n) is 3.70. The lowest BCUT2D eigenvalue weighted by Crippen LogP contribution is -2.12. The first-order chi connectivity index (χ1) is 9.11. The molecule has 0 fully saturated rings. The minimum atomic E-state index is -0.233. The molecule has 1 aromatic heterocycles. The van der Waals surface area contributed by atoms with Gasteiger partial charge in [0.25, 0.3) is 5.91 Å². The highest BCUT2D eigenvalue weighted by Gasteiger charge is 2.16. The molecule has 0 bridgehead atoms. The van der Waals surface area contributed by atoms with Crippen LogP contribution in [0.2, 0.25) is 0 Å². The summed E-state index contributed by atoms with van der Waals surface area (Å²) in [5.41, 5.74) is 6.53. The molecule has 100 valence electrons. The quantitative estimate of drug-likeness (QED) is 0.704. The van der Waals surface area contributed by atoms with Gasteiger partial charge in [-0.25, -0.2) is 4.98 Å². The Balaban J connectivity index is 2.18. The van der Waals surface area contributed by atoms with Crippen LogP contribution in [0.4, 0.5) is 16.6 Å². The van der Waals surface area contributed by atoms with Gasteiger partial charge >= 0.3 is 0 Å². The van der Waals surface area contributed by atoms with E-state index in [1.165, 1.54) is 11.3 Å². The molecule has 0 atom stereocenters. The lowest BCUT2D eigenvalue weighted by atomic mass is 10.3. The highest BCUT2D eigenvalue weighted by Crippen LogP contribution is 2.26. The van der Waals surface area contributed by atoms with Crippen molar-refractivity contribution < 1.29 is 4.79 Å². The van der Waals surface area contributed by atoms with Crippen LogP contribution in [-0.2, 0) is 0 Å². The van der Waals surface area contributed by atoms with Crippen LogP contribution < -0.4 is 16.4 Å².